The number of nitrogens with zero attached hydrogens (tertiary/aromatic N) is 1. The Morgan fingerprint density at radius 1 is 0.923 bits per heavy atom. The van der Waals surface area contributed by atoms with Crippen molar-refractivity contribution >= 4 is 14.0 Å². The monoisotopic (exact) mass is 371 g/mol. The van der Waals surface area contributed by atoms with E-state index in [1.54, 1.807) is 14.2 Å². The van der Waals surface area contributed by atoms with Gasteiger partial charge in [0.2, 0.25) is 5.91 Å². The molecule has 0 bridgehead atoms. The van der Waals surface area contributed by atoms with Crippen LogP contribution in [0.25, 0.3) is 0 Å². The summed E-state index contributed by atoms with van der Waals surface area (Å²) >= 11 is 0. The lowest BCUT2D eigenvalue weighted by Gasteiger charge is -2.29. The van der Waals surface area contributed by atoms with Crippen molar-refractivity contribution in [3.8, 4) is 11.5 Å². The quantitative estimate of drug-likeness (QED) is 0.654. The third kappa shape index (κ3) is 5.91. The van der Waals surface area contributed by atoms with E-state index in [0.29, 0.717) is 24.5 Å². The Hall–Kier alpha value is -2.27. The molecule has 5 heteroatoms. The van der Waals surface area contributed by atoms with Crippen molar-refractivity contribution in [1.82, 2.24) is 4.90 Å². The van der Waals surface area contributed by atoms with Gasteiger partial charge >= 0.3 is 0 Å². The molecule has 4 nitrogen and oxygen atoms in total. The van der Waals surface area contributed by atoms with Crippen LogP contribution in [-0.2, 0) is 17.8 Å². The zero-order chi connectivity index (χ0) is 19.2. The van der Waals surface area contributed by atoms with Gasteiger partial charge in [-0.2, -0.15) is 0 Å². The first-order valence-corrected chi connectivity index (χ1v) is 12.6. The van der Waals surface area contributed by atoms with Crippen LogP contribution in [-0.4, -0.2) is 39.3 Å². The summed E-state index contributed by atoms with van der Waals surface area (Å²) in [5, 5.41) is 0. The molecule has 0 saturated carbocycles. The van der Waals surface area contributed by atoms with E-state index in [1.165, 1.54) is 0 Å². The minimum Gasteiger partial charge on any atom is -0.493 e. The molecule has 2 aromatic carbocycles. The standard InChI is InChI=1S/C21H29NO3Si/c1-24-19-12-11-18(13-20(19)25-2)14-21(23)22(16-26(3,4)5)15-17-9-7-6-8-10-17/h6-13H,14-16H2,1-5H3. The van der Waals surface area contributed by atoms with E-state index in [1.807, 2.05) is 41.3 Å². The van der Waals surface area contributed by atoms with Crippen LogP contribution in [0.3, 0.4) is 0 Å². The fraction of sp³-hybridized carbons (Fsp3) is 0.381. The third-order valence-corrected chi connectivity index (χ3v) is 5.37. The second kappa shape index (κ2) is 8.90. The van der Waals surface area contributed by atoms with Crippen LogP contribution in [0.4, 0.5) is 0 Å². The molecule has 0 aliphatic heterocycles. The molecule has 140 valence electrons. The number of hydrogen-bond acceptors (Lipinski definition) is 3. The van der Waals surface area contributed by atoms with Gasteiger partial charge in [-0.25, -0.2) is 0 Å². The first-order valence-electron chi connectivity index (χ1n) is 8.85. The zero-order valence-corrected chi connectivity index (χ0v) is 17.4. The van der Waals surface area contributed by atoms with Gasteiger partial charge in [0.1, 0.15) is 0 Å². The summed E-state index contributed by atoms with van der Waals surface area (Å²) in [6.07, 6.45) is 1.20. The number of amides is 1. The number of carbonyl (C=O) groups is 1. The van der Waals surface area contributed by atoms with Crippen molar-refractivity contribution in [2.75, 3.05) is 20.4 Å². The Morgan fingerprint density at radius 3 is 2.15 bits per heavy atom. The lowest BCUT2D eigenvalue weighted by molar-refractivity contribution is -0.130. The normalized spacial score (nSPS) is 11.1. The second-order valence-corrected chi connectivity index (χ2v) is 13.1. The molecule has 0 radical (unpaired) electrons. The lowest BCUT2D eigenvalue weighted by atomic mass is 10.1. The highest BCUT2D eigenvalue weighted by molar-refractivity contribution is 6.76. The largest absolute Gasteiger partial charge is 0.493 e. The van der Waals surface area contributed by atoms with Gasteiger partial charge in [0, 0.05) is 12.7 Å². The third-order valence-electron chi connectivity index (χ3n) is 4.04. The molecule has 26 heavy (non-hydrogen) atoms. The van der Waals surface area contributed by atoms with Crippen LogP contribution >= 0.6 is 0 Å². The summed E-state index contributed by atoms with van der Waals surface area (Å²) in [6.45, 7) is 7.51. The SMILES string of the molecule is COc1ccc(CC(=O)N(Cc2ccccc2)C[Si](C)(C)C)cc1OC. The van der Waals surface area contributed by atoms with E-state index in [-0.39, 0.29) is 5.91 Å². The Morgan fingerprint density at radius 2 is 1.58 bits per heavy atom. The molecule has 1 amide bonds. The van der Waals surface area contributed by atoms with Gasteiger partial charge in [0.15, 0.2) is 11.5 Å². The average molecular weight is 372 g/mol. The van der Waals surface area contributed by atoms with Gasteiger partial charge in [-0.1, -0.05) is 56.0 Å². The molecule has 0 heterocycles. The van der Waals surface area contributed by atoms with Crippen molar-refractivity contribution in [1.29, 1.82) is 0 Å². The van der Waals surface area contributed by atoms with E-state index in [0.717, 1.165) is 17.3 Å². The van der Waals surface area contributed by atoms with Crippen LogP contribution in [0.2, 0.25) is 19.6 Å². The maximum absolute atomic E-state index is 13.0. The fourth-order valence-electron chi connectivity index (χ4n) is 2.89. The van der Waals surface area contributed by atoms with Gasteiger partial charge in [0.05, 0.1) is 28.7 Å². The van der Waals surface area contributed by atoms with Gasteiger partial charge in [-0.15, -0.1) is 0 Å². The highest BCUT2D eigenvalue weighted by Crippen LogP contribution is 2.28. The Bertz CT molecular complexity index is 726. The van der Waals surface area contributed by atoms with Gasteiger partial charge < -0.3 is 14.4 Å². The molecule has 2 rings (SSSR count). The lowest BCUT2D eigenvalue weighted by Crippen LogP contribution is -2.43. The van der Waals surface area contributed by atoms with Crippen molar-refractivity contribution < 1.29 is 14.3 Å². The summed E-state index contributed by atoms with van der Waals surface area (Å²) in [5.74, 6) is 1.47. The molecule has 0 saturated heterocycles. The molecule has 0 fully saturated rings. The molecular weight excluding hydrogens is 342 g/mol. The highest BCUT2D eigenvalue weighted by atomic mass is 28.3. The summed E-state index contributed by atoms with van der Waals surface area (Å²) in [4.78, 5) is 15.0. The number of hydrogen-bond donors (Lipinski definition) is 0. The number of methoxy groups -OCH3 is 2. The van der Waals surface area contributed by atoms with E-state index >= 15 is 0 Å². The van der Waals surface area contributed by atoms with Crippen molar-refractivity contribution in [2.45, 2.75) is 32.6 Å². The predicted molar refractivity (Wildman–Crippen MR) is 108 cm³/mol. The maximum atomic E-state index is 13.0. The predicted octanol–water partition coefficient (Wildman–Crippen LogP) is 4.15. The van der Waals surface area contributed by atoms with Gasteiger partial charge in [-0.3, -0.25) is 4.79 Å². The molecule has 0 N–H and O–H groups in total. The van der Waals surface area contributed by atoms with Gasteiger partial charge in [-0.05, 0) is 23.3 Å². The molecule has 0 aliphatic rings. The molecule has 0 unspecified atom stereocenters. The summed E-state index contributed by atoms with van der Waals surface area (Å²) in [5.41, 5.74) is 2.09. The van der Waals surface area contributed by atoms with E-state index in [2.05, 4.69) is 31.8 Å². The minimum absolute atomic E-state index is 0.142. The molecular formula is C21H29NO3Si. The number of rotatable bonds is 8. The second-order valence-electron chi connectivity index (χ2n) is 7.66. The number of benzene rings is 2. The van der Waals surface area contributed by atoms with Crippen LogP contribution in [0, 0.1) is 0 Å². The van der Waals surface area contributed by atoms with Crippen LogP contribution in [0.1, 0.15) is 11.1 Å². The first kappa shape index (κ1) is 20.0. The molecule has 0 spiro atoms. The van der Waals surface area contributed by atoms with Crippen LogP contribution in [0.15, 0.2) is 48.5 Å². The topological polar surface area (TPSA) is 38.8 Å². The van der Waals surface area contributed by atoms with Crippen LogP contribution < -0.4 is 9.47 Å². The van der Waals surface area contributed by atoms with Crippen molar-refractivity contribution in [3.05, 3.63) is 59.7 Å². The smallest absolute Gasteiger partial charge is 0.227 e. The van der Waals surface area contributed by atoms with E-state index < -0.39 is 8.07 Å². The zero-order valence-electron chi connectivity index (χ0n) is 16.4. The number of ether oxygens (including phenoxy) is 2. The highest BCUT2D eigenvalue weighted by Gasteiger charge is 2.23. The summed E-state index contributed by atoms with van der Waals surface area (Å²) in [6, 6.07) is 15.8. The molecule has 2 aromatic rings. The van der Waals surface area contributed by atoms with Gasteiger partial charge in [0.25, 0.3) is 0 Å². The minimum atomic E-state index is -1.43. The average Bonchev–Trinajstić information content (AvgIpc) is 2.60. The van der Waals surface area contributed by atoms with Crippen molar-refractivity contribution in [3.63, 3.8) is 0 Å². The number of carbonyl (C=O) groups excluding carboxylic acids is 1. The van der Waals surface area contributed by atoms with E-state index in [4.69, 9.17) is 9.47 Å². The first-order chi connectivity index (χ1) is 12.3. The summed E-state index contributed by atoms with van der Waals surface area (Å²) < 4.78 is 10.6. The van der Waals surface area contributed by atoms with Crippen molar-refractivity contribution in [2.24, 2.45) is 0 Å². The Labute approximate surface area is 157 Å². The Balaban J connectivity index is 2.17. The fourth-order valence-corrected chi connectivity index (χ4v) is 4.32. The molecule has 0 aliphatic carbocycles. The van der Waals surface area contributed by atoms with E-state index in [9.17, 15) is 4.79 Å². The Kier molecular flexibility index (Phi) is 6.86. The summed E-state index contributed by atoms with van der Waals surface area (Å²) in [7, 11) is 1.79. The molecule has 0 aromatic heterocycles. The maximum Gasteiger partial charge on any atom is 0.227 e. The molecule has 0 atom stereocenters. The van der Waals surface area contributed by atoms with Crippen LogP contribution in [0.5, 0.6) is 11.5 Å².